The van der Waals surface area contributed by atoms with Crippen molar-refractivity contribution < 1.29 is 42.5 Å². The molecule has 1 aromatic heterocycles. The van der Waals surface area contributed by atoms with Gasteiger partial charge in [0.2, 0.25) is 0 Å². The Morgan fingerprint density at radius 2 is 2.07 bits per heavy atom. The van der Waals surface area contributed by atoms with E-state index in [0.717, 1.165) is 0 Å². The molecule has 1 heterocycles. The van der Waals surface area contributed by atoms with Crippen LogP contribution in [0.15, 0.2) is 12.1 Å². The van der Waals surface area contributed by atoms with Crippen LogP contribution in [0.5, 0.6) is 0 Å². The fraction of sp³-hybridized carbons (Fsp3) is 0.375. The van der Waals surface area contributed by atoms with E-state index in [1.54, 1.807) is 19.1 Å². The Hall–Kier alpha value is -0.140. The summed E-state index contributed by atoms with van der Waals surface area (Å²) in [5.74, 6) is 0.127. The van der Waals surface area contributed by atoms with Gasteiger partial charge in [0.25, 0.3) is 0 Å². The van der Waals surface area contributed by atoms with Gasteiger partial charge in [-0.3, -0.25) is 4.72 Å². The Balaban J connectivity index is 0.00000196. The minimum Gasteiger partial charge on any atom is -0.731 e. The van der Waals surface area contributed by atoms with Crippen LogP contribution >= 0.6 is 0 Å². The number of nitrogens with zero attached hydrogens (tertiary/aromatic N) is 1. The van der Waals surface area contributed by atoms with Gasteiger partial charge in [-0.05, 0) is 25.0 Å². The van der Waals surface area contributed by atoms with E-state index < -0.39 is 10.3 Å². The molecule has 0 bridgehead atoms. The number of hydrogen-bond donors (Lipinski definition) is 1. The van der Waals surface area contributed by atoms with Crippen LogP contribution in [0, 0.1) is 6.92 Å². The molecule has 0 aromatic carbocycles. The van der Waals surface area contributed by atoms with Crippen molar-refractivity contribution in [2.45, 2.75) is 20.3 Å². The van der Waals surface area contributed by atoms with Crippen LogP contribution in [0.3, 0.4) is 0 Å². The maximum Gasteiger partial charge on any atom is 1.00 e. The zero-order valence-corrected chi connectivity index (χ0v) is 11.8. The van der Waals surface area contributed by atoms with Crippen LogP contribution in [-0.2, 0) is 16.7 Å². The normalized spacial score (nSPS) is 10.6. The van der Waals surface area contributed by atoms with Crippen molar-refractivity contribution in [2.75, 3.05) is 4.72 Å². The van der Waals surface area contributed by atoms with E-state index in [4.69, 9.17) is 0 Å². The molecule has 15 heavy (non-hydrogen) atoms. The van der Waals surface area contributed by atoms with Crippen LogP contribution < -0.4 is 34.3 Å². The standard InChI is InChI=1S/C8H12N2O3S.Na/c1-3-7-5-4-6(2)9-8(7)10-14(11,12)13;/h4-5H,3H2,1-2H3,(H,9,10)(H,11,12,13);/q;+1/p-1. The Morgan fingerprint density at radius 3 is 2.53 bits per heavy atom. The Morgan fingerprint density at radius 1 is 1.47 bits per heavy atom. The second-order valence-electron chi connectivity index (χ2n) is 2.87. The average Bonchev–Trinajstić information content (AvgIpc) is 2.01. The van der Waals surface area contributed by atoms with Gasteiger partial charge in [-0.2, -0.15) is 0 Å². The molecule has 0 spiro atoms. The van der Waals surface area contributed by atoms with Crippen LogP contribution in [0.2, 0.25) is 0 Å². The summed E-state index contributed by atoms with van der Waals surface area (Å²) in [6.45, 7) is 3.58. The fourth-order valence-electron chi connectivity index (χ4n) is 1.08. The maximum atomic E-state index is 10.5. The predicted octanol–water partition coefficient (Wildman–Crippen LogP) is -2.17. The molecule has 0 saturated heterocycles. The summed E-state index contributed by atoms with van der Waals surface area (Å²) in [6.07, 6.45) is 0.616. The number of rotatable bonds is 3. The molecule has 0 aliphatic carbocycles. The predicted molar refractivity (Wildman–Crippen MR) is 51.7 cm³/mol. The Labute approximate surface area is 111 Å². The first kappa shape index (κ1) is 14.9. The van der Waals surface area contributed by atoms with Gasteiger partial charge in [0, 0.05) is 5.69 Å². The van der Waals surface area contributed by atoms with Gasteiger partial charge >= 0.3 is 29.6 Å². The van der Waals surface area contributed by atoms with Gasteiger partial charge in [0.15, 0.2) is 10.3 Å². The molecule has 0 aliphatic heterocycles. The smallest absolute Gasteiger partial charge is 0.731 e. The first-order valence-electron chi connectivity index (χ1n) is 4.12. The van der Waals surface area contributed by atoms with Crippen LogP contribution in [-0.4, -0.2) is 18.0 Å². The Bertz CT molecular complexity index is 434. The summed E-state index contributed by atoms with van der Waals surface area (Å²) in [5.41, 5.74) is 1.36. The first-order chi connectivity index (χ1) is 6.42. The number of hydrogen-bond acceptors (Lipinski definition) is 4. The minimum atomic E-state index is -4.49. The number of aromatic nitrogens is 1. The fourth-order valence-corrected chi connectivity index (χ4v) is 1.49. The zero-order chi connectivity index (χ0) is 10.8. The largest absolute Gasteiger partial charge is 1.00 e. The Kier molecular flexibility index (Phi) is 5.76. The van der Waals surface area contributed by atoms with E-state index >= 15 is 0 Å². The maximum absolute atomic E-state index is 10.5. The van der Waals surface area contributed by atoms with Crippen molar-refractivity contribution in [3.8, 4) is 0 Å². The number of anilines is 1. The molecule has 1 N–H and O–H groups in total. The summed E-state index contributed by atoms with van der Waals surface area (Å²) in [6, 6.07) is 3.51. The van der Waals surface area contributed by atoms with Crippen molar-refractivity contribution in [2.24, 2.45) is 0 Å². The zero-order valence-electron chi connectivity index (χ0n) is 8.94. The van der Waals surface area contributed by atoms with E-state index in [0.29, 0.717) is 17.7 Å². The van der Waals surface area contributed by atoms with E-state index in [1.165, 1.54) is 0 Å². The summed E-state index contributed by atoms with van der Waals surface area (Å²) in [5, 5.41) is 0. The molecule has 0 saturated carbocycles. The second-order valence-corrected chi connectivity index (χ2v) is 3.98. The van der Waals surface area contributed by atoms with E-state index in [9.17, 15) is 13.0 Å². The van der Waals surface area contributed by atoms with E-state index in [1.807, 2.05) is 11.6 Å². The van der Waals surface area contributed by atoms with Crippen molar-refractivity contribution in [3.05, 3.63) is 23.4 Å². The molecular formula is C8H11N2NaO3S. The molecular weight excluding hydrogens is 227 g/mol. The summed E-state index contributed by atoms with van der Waals surface area (Å²) >= 11 is 0. The monoisotopic (exact) mass is 238 g/mol. The molecule has 0 atom stereocenters. The molecule has 1 aromatic rings. The molecule has 0 fully saturated rings. The van der Waals surface area contributed by atoms with Gasteiger partial charge < -0.3 is 4.55 Å². The third kappa shape index (κ3) is 4.94. The second kappa shape index (κ2) is 5.81. The van der Waals surface area contributed by atoms with Crippen LogP contribution in [0.4, 0.5) is 5.82 Å². The van der Waals surface area contributed by atoms with Gasteiger partial charge in [-0.15, -0.1) is 0 Å². The number of nitrogens with one attached hydrogen (secondary N) is 1. The molecule has 5 nitrogen and oxygen atoms in total. The van der Waals surface area contributed by atoms with Gasteiger partial charge in [0.05, 0.1) is 0 Å². The quantitative estimate of drug-likeness (QED) is 0.480. The molecule has 0 amide bonds. The third-order valence-electron chi connectivity index (χ3n) is 1.72. The molecule has 7 heteroatoms. The van der Waals surface area contributed by atoms with Crippen molar-refractivity contribution in [3.63, 3.8) is 0 Å². The van der Waals surface area contributed by atoms with Crippen molar-refractivity contribution in [1.82, 2.24) is 4.98 Å². The van der Waals surface area contributed by atoms with Gasteiger partial charge in [-0.25, -0.2) is 13.4 Å². The SMILES string of the molecule is CCc1ccc(C)nc1NS(=O)(=O)[O-].[Na+]. The van der Waals surface area contributed by atoms with Crippen LogP contribution in [0.1, 0.15) is 18.2 Å². The van der Waals surface area contributed by atoms with Crippen molar-refractivity contribution >= 4 is 16.1 Å². The topological polar surface area (TPSA) is 82.1 Å². The van der Waals surface area contributed by atoms with Gasteiger partial charge in [-0.1, -0.05) is 13.0 Å². The first-order valence-corrected chi connectivity index (χ1v) is 5.53. The third-order valence-corrected chi connectivity index (χ3v) is 2.16. The average molecular weight is 238 g/mol. The van der Waals surface area contributed by atoms with Gasteiger partial charge in [0.1, 0.15) is 5.82 Å². The van der Waals surface area contributed by atoms with Crippen molar-refractivity contribution in [1.29, 1.82) is 0 Å². The minimum absolute atomic E-state index is 0. The molecule has 0 radical (unpaired) electrons. The molecule has 78 valence electrons. The summed E-state index contributed by atoms with van der Waals surface area (Å²) in [4.78, 5) is 3.94. The summed E-state index contributed by atoms with van der Waals surface area (Å²) < 4.78 is 33.3. The molecule has 0 unspecified atom stereocenters. The number of pyridine rings is 1. The molecule has 0 aliphatic rings. The number of aryl methyl sites for hydroxylation is 2. The van der Waals surface area contributed by atoms with E-state index in [-0.39, 0.29) is 35.4 Å². The van der Waals surface area contributed by atoms with Crippen LogP contribution in [0.25, 0.3) is 0 Å². The van der Waals surface area contributed by atoms with E-state index in [2.05, 4.69) is 4.98 Å². The summed E-state index contributed by atoms with van der Waals surface area (Å²) in [7, 11) is -4.49. The molecule has 1 rings (SSSR count).